The zero-order chi connectivity index (χ0) is 14.5. The van der Waals surface area contributed by atoms with Crippen LogP contribution in [0.1, 0.15) is 16.6 Å². The summed E-state index contributed by atoms with van der Waals surface area (Å²) in [4.78, 5) is 12.1. The van der Waals surface area contributed by atoms with Gasteiger partial charge in [-0.1, -0.05) is 0 Å². The van der Waals surface area contributed by atoms with Crippen molar-refractivity contribution in [2.45, 2.75) is 6.92 Å². The third-order valence-electron chi connectivity index (χ3n) is 2.63. The molecule has 20 heavy (non-hydrogen) atoms. The third kappa shape index (κ3) is 3.08. The molecule has 0 unspecified atom stereocenters. The molecule has 0 atom stereocenters. The van der Waals surface area contributed by atoms with Crippen LogP contribution in [0, 0.1) is 0 Å². The molecule has 0 fully saturated rings. The number of nitrogens with zero attached hydrogens (tertiary/aromatic N) is 1. The van der Waals surface area contributed by atoms with Gasteiger partial charge in [0, 0.05) is 11.6 Å². The number of methoxy groups -OCH3 is 2. The minimum atomic E-state index is -0.355. The maximum atomic E-state index is 11.6. The van der Waals surface area contributed by atoms with Crippen LogP contribution in [0.4, 0.5) is 0 Å². The molecule has 0 aliphatic carbocycles. The molecule has 0 aliphatic heterocycles. The third-order valence-corrected chi connectivity index (χ3v) is 3.40. The largest absolute Gasteiger partial charge is 0.497 e. The molecule has 0 aliphatic rings. The molecule has 106 valence electrons. The van der Waals surface area contributed by atoms with E-state index in [1.807, 2.05) is 12.1 Å². The molecule has 0 amide bonds. The van der Waals surface area contributed by atoms with E-state index in [2.05, 4.69) is 4.37 Å². The lowest BCUT2D eigenvalue weighted by molar-refractivity contribution is 0.0532. The van der Waals surface area contributed by atoms with E-state index < -0.39 is 0 Å². The van der Waals surface area contributed by atoms with Crippen LogP contribution in [0.25, 0.3) is 11.3 Å². The van der Waals surface area contributed by atoms with E-state index in [4.69, 9.17) is 14.2 Å². The van der Waals surface area contributed by atoms with Gasteiger partial charge >= 0.3 is 5.97 Å². The van der Waals surface area contributed by atoms with Gasteiger partial charge in [0.2, 0.25) is 0 Å². The average Bonchev–Trinajstić information content (AvgIpc) is 2.97. The Hall–Kier alpha value is -2.08. The van der Waals surface area contributed by atoms with Crippen LogP contribution < -0.4 is 9.47 Å². The second-order valence-corrected chi connectivity index (χ2v) is 4.70. The summed E-state index contributed by atoms with van der Waals surface area (Å²) in [5.74, 6) is 0.987. The van der Waals surface area contributed by atoms with Crippen LogP contribution in [0.3, 0.4) is 0 Å². The van der Waals surface area contributed by atoms with Gasteiger partial charge in [-0.25, -0.2) is 4.79 Å². The Labute approximate surface area is 121 Å². The fraction of sp³-hybridized carbons (Fsp3) is 0.286. The molecule has 0 spiro atoms. The number of aromatic nitrogens is 1. The first-order chi connectivity index (χ1) is 9.67. The van der Waals surface area contributed by atoms with Gasteiger partial charge in [-0.05, 0) is 36.7 Å². The molecular weight excluding hydrogens is 278 g/mol. The zero-order valence-corrected chi connectivity index (χ0v) is 12.3. The normalized spacial score (nSPS) is 10.2. The van der Waals surface area contributed by atoms with Crippen molar-refractivity contribution >= 4 is 17.5 Å². The fourth-order valence-corrected chi connectivity index (χ4v) is 2.32. The quantitative estimate of drug-likeness (QED) is 0.793. The van der Waals surface area contributed by atoms with Crippen molar-refractivity contribution < 1.29 is 19.0 Å². The van der Waals surface area contributed by atoms with Gasteiger partial charge in [-0.2, -0.15) is 4.37 Å². The highest BCUT2D eigenvalue weighted by molar-refractivity contribution is 7.08. The van der Waals surface area contributed by atoms with E-state index >= 15 is 0 Å². The molecule has 0 radical (unpaired) electrons. The van der Waals surface area contributed by atoms with Gasteiger partial charge < -0.3 is 14.2 Å². The SMILES string of the molecule is CCOC(=O)c1cc(-c2cc(OC)cc(OC)c2)ns1. The van der Waals surface area contributed by atoms with E-state index in [-0.39, 0.29) is 5.97 Å². The maximum Gasteiger partial charge on any atom is 0.349 e. The van der Waals surface area contributed by atoms with Gasteiger partial charge in [0.1, 0.15) is 16.4 Å². The van der Waals surface area contributed by atoms with Crippen molar-refractivity contribution in [2.75, 3.05) is 20.8 Å². The molecule has 0 saturated carbocycles. The van der Waals surface area contributed by atoms with E-state index in [0.29, 0.717) is 28.7 Å². The highest BCUT2D eigenvalue weighted by Gasteiger charge is 2.13. The Morgan fingerprint density at radius 2 is 1.80 bits per heavy atom. The summed E-state index contributed by atoms with van der Waals surface area (Å²) >= 11 is 1.11. The number of hydrogen-bond acceptors (Lipinski definition) is 6. The second kappa shape index (κ2) is 6.38. The van der Waals surface area contributed by atoms with Crippen LogP contribution in [0.15, 0.2) is 24.3 Å². The standard InChI is InChI=1S/C14H15NO4S/c1-4-19-14(16)13-8-12(15-20-13)9-5-10(17-2)7-11(6-9)18-3/h5-8H,4H2,1-3H3. The van der Waals surface area contributed by atoms with Crippen molar-refractivity contribution in [2.24, 2.45) is 0 Å². The lowest BCUT2D eigenvalue weighted by atomic mass is 10.1. The predicted octanol–water partition coefficient (Wildman–Crippen LogP) is 3.00. The van der Waals surface area contributed by atoms with Crippen molar-refractivity contribution in [3.8, 4) is 22.8 Å². The lowest BCUT2D eigenvalue weighted by Crippen LogP contribution is -2.01. The van der Waals surface area contributed by atoms with Crippen LogP contribution >= 0.6 is 11.5 Å². The topological polar surface area (TPSA) is 57.7 Å². The molecular formula is C14H15NO4S. The Balaban J connectivity index is 2.34. The summed E-state index contributed by atoms with van der Waals surface area (Å²) in [6.45, 7) is 2.12. The highest BCUT2D eigenvalue weighted by atomic mass is 32.1. The average molecular weight is 293 g/mol. The first kappa shape index (κ1) is 14.3. The maximum absolute atomic E-state index is 11.6. The Bertz CT molecular complexity index is 587. The van der Waals surface area contributed by atoms with E-state index in [9.17, 15) is 4.79 Å². The number of ether oxygens (including phenoxy) is 3. The Morgan fingerprint density at radius 1 is 1.15 bits per heavy atom. The van der Waals surface area contributed by atoms with Gasteiger partial charge in [0.15, 0.2) is 0 Å². The van der Waals surface area contributed by atoms with Crippen molar-refractivity contribution in [1.29, 1.82) is 0 Å². The monoisotopic (exact) mass is 293 g/mol. The second-order valence-electron chi connectivity index (χ2n) is 3.90. The minimum absolute atomic E-state index is 0.346. The summed E-state index contributed by atoms with van der Waals surface area (Å²) < 4.78 is 19.7. The van der Waals surface area contributed by atoms with Gasteiger partial charge in [0.25, 0.3) is 0 Å². The molecule has 0 saturated heterocycles. The zero-order valence-electron chi connectivity index (χ0n) is 11.5. The first-order valence-corrected chi connectivity index (χ1v) is 6.82. The van der Waals surface area contributed by atoms with E-state index in [1.54, 1.807) is 33.3 Å². The summed E-state index contributed by atoms with van der Waals surface area (Å²) in [5.41, 5.74) is 1.52. The van der Waals surface area contributed by atoms with Gasteiger partial charge in [-0.15, -0.1) is 0 Å². The molecule has 1 aromatic heterocycles. The van der Waals surface area contributed by atoms with Gasteiger partial charge in [0.05, 0.1) is 26.5 Å². The van der Waals surface area contributed by atoms with E-state index in [1.165, 1.54) is 0 Å². The summed E-state index contributed by atoms with van der Waals surface area (Å²) in [6.07, 6.45) is 0. The molecule has 1 heterocycles. The Kier molecular flexibility index (Phi) is 4.57. The number of hydrogen-bond donors (Lipinski definition) is 0. The highest BCUT2D eigenvalue weighted by Crippen LogP contribution is 2.30. The first-order valence-electron chi connectivity index (χ1n) is 6.05. The summed E-state index contributed by atoms with van der Waals surface area (Å²) in [6, 6.07) is 7.16. The number of rotatable bonds is 5. The van der Waals surface area contributed by atoms with Crippen molar-refractivity contribution in [1.82, 2.24) is 4.37 Å². The molecule has 6 heteroatoms. The summed E-state index contributed by atoms with van der Waals surface area (Å²) in [7, 11) is 3.17. The smallest absolute Gasteiger partial charge is 0.349 e. The molecule has 0 bridgehead atoms. The molecule has 0 N–H and O–H groups in total. The van der Waals surface area contributed by atoms with Crippen LogP contribution in [-0.4, -0.2) is 31.2 Å². The summed E-state index contributed by atoms with van der Waals surface area (Å²) in [5, 5.41) is 0. The van der Waals surface area contributed by atoms with Crippen LogP contribution in [0.2, 0.25) is 0 Å². The fourth-order valence-electron chi connectivity index (χ4n) is 1.67. The van der Waals surface area contributed by atoms with Crippen molar-refractivity contribution in [3.05, 3.63) is 29.1 Å². The molecule has 2 aromatic rings. The van der Waals surface area contributed by atoms with Gasteiger partial charge in [-0.3, -0.25) is 0 Å². The number of carbonyl (C=O) groups is 1. The van der Waals surface area contributed by atoms with Crippen LogP contribution in [0.5, 0.6) is 11.5 Å². The molecule has 2 rings (SSSR count). The number of esters is 1. The lowest BCUT2D eigenvalue weighted by Gasteiger charge is -2.06. The van der Waals surface area contributed by atoms with Crippen LogP contribution in [-0.2, 0) is 4.74 Å². The number of benzene rings is 1. The molecule has 1 aromatic carbocycles. The molecule has 5 nitrogen and oxygen atoms in total. The minimum Gasteiger partial charge on any atom is -0.497 e. The Morgan fingerprint density at radius 3 is 2.35 bits per heavy atom. The van der Waals surface area contributed by atoms with E-state index in [0.717, 1.165) is 17.1 Å². The number of carbonyl (C=O) groups excluding carboxylic acids is 1. The predicted molar refractivity (Wildman–Crippen MR) is 76.6 cm³/mol. The van der Waals surface area contributed by atoms with Crippen molar-refractivity contribution in [3.63, 3.8) is 0 Å².